The number of carbonyl (C=O) groups excluding carboxylic acids is 1. The third-order valence-electron chi connectivity index (χ3n) is 3.97. The largest absolute Gasteiger partial charge is 0.356 e. The van der Waals surface area contributed by atoms with Crippen molar-refractivity contribution in [1.82, 2.24) is 5.32 Å². The molecule has 0 heterocycles. The quantitative estimate of drug-likeness (QED) is 0.742. The summed E-state index contributed by atoms with van der Waals surface area (Å²) in [5.74, 6) is 2.65. The Balaban J connectivity index is 2.31. The molecule has 0 aromatic carbocycles. The third-order valence-corrected chi connectivity index (χ3v) is 4.36. The molecule has 0 radical (unpaired) electrons. The van der Waals surface area contributed by atoms with Gasteiger partial charge in [-0.25, -0.2) is 0 Å². The first-order valence-corrected chi connectivity index (χ1v) is 6.93. The van der Waals surface area contributed by atoms with Crippen LogP contribution in [0.4, 0.5) is 0 Å². The number of hydrogen-bond donors (Lipinski definition) is 1. The molecule has 0 aliphatic heterocycles. The number of alkyl halides is 1. The van der Waals surface area contributed by atoms with E-state index >= 15 is 0 Å². The van der Waals surface area contributed by atoms with Crippen LogP contribution in [0, 0.1) is 23.7 Å². The lowest BCUT2D eigenvalue weighted by molar-refractivity contribution is -0.125. The first-order valence-electron chi connectivity index (χ1n) is 6.40. The van der Waals surface area contributed by atoms with Crippen LogP contribution in [0.25, 0.3) is 0 Å². The predicted molar refractivity (Wildman–Crippen MR) is 68.6 cm³/mol. The van der Waals surface area contributed by atoms with Crippen LogP contribution in [0.5, 0.6) is 0 Å². The van der Waals surface area contributed by atoms with Crippen molar-refractivity contribution < 1.29 is 4.79 Å². The van der Waals surface area contributed by atoms with Crippen molar-refractivity contribution >= 4 is 17.5 Å². The molecule has 3 heteroatoms. The molecule has 94 valence electrons. The second-order valence-corrected chi connectivity index (χ2v) is 5.69. The van der Waals surface area contributed by atoms with Gasteiger partial charge in [0.05, 0.1) is 0 Å². The van der Waals surface area contributed by atoms with Crippen LogP contribution in [-0.4, -0.2) is 18.3 Å². The van der Waals surface area contributed by atoms with Crippen molar-refractivity contribution in [2.75, 3.05) is 12.4 Å². The number of amides is 1. The highest BCUT2D eigenvalue weighted by atomic mass is 35.5. The minimum absolute atomic E-state index is 0.107. The zero-order chi connectivity index (χ0) is 12.1. The minimum Gasteiger partial charge on any atom is -0.356 e. The predicted octanol–water partition coefficient (Wildman–Crippen LogP) is 3.05. The number of carbonyl (C=O) groups is 1. The Bertz CT molecular complexity index is 230. The van der Waals surface area contributed by atoms with Crippen LogP contribution < -0.4 is 5.32 Å². The Morgan fingerprint density at radius 1 is 1.31 bits per heavy atom. The fourth-order valence-electron chi connectivity index (χ4n) is 2.28. The van der Waals surface area contributed by atoms with Crippen molar-refractivity contribution in [1.29, 1.82) is 0 Å². The van der Waals surface area contributed by atoms with Crippen molar-refractivity contribution in [3.63, 3.8) is 0 Å². The summed E-state index contributed by atoms with van der Waals surface area (Å²) in [6.07, 6.45) is 3.70. The molecule has 0 spiro atoms. The van der Waals surface area contributed by atoms with E-state index in [9.17, 15) is 4.79 Å². The van der Waals surface area contributed by atoms with Crippen LogP contribution >= 0.6 is 11.6 Å². The molecule has 0 bridgehead atoms. The van der Waals surface area contributed by atoms with Gasteiger partial charge in [0.2, 0.25) is 5.91 Å². The van der Waals surface area contributed by atoms with Crippen molar-refractivity contribution in [3.8, 4) is 0 Å². The van der Waals surface area contributed by atoms with Crippen molar-refractivity contribution in [2.45, 2.75) is 40.0 Å². The zero-order valence-electron chi connectivity index (χ0n) is 10.6. The summed E-state index contributed by atoms with van der Waals surface area (Å²) in [4.78, 5) is 11.8. The van der Waals surface area contributed by atoms with Gasteiger partial charge < -0.3 is 5.32 Å². The Morgan fingerprint density at radius 3 is 2.50 bits per heavy atom. The van der Waals surface area contributed by atoms with Gasteiger partial charge in [0.15, 0.2) is 0 Å². The van der Waals surface area contributed by atoms with Crippen LogP contribution in [0.15, 0.2) is 0 Å². The summed E-state index contributed by atoms with van der Waals surface area (Å²) >= 11 is 5.92. The molecule has 3 unspecified atom stereocenters. The number of nitrogens with one attached hydrogen (secondary N) is 1. The molecule has 2 nitrogen and oxygen atoms in total. The molecular formula is C13H24ClNO. The SMILES string of the molecule is CC(C)C(C)C(=O)NCC1CCCC1CCl. The van der Waals surface area contributed by atoms with E-state index in [0.29, 0.717) is 17.8 Å². The fraction of sp³-hybridized carbons (Fsp3) is 0.923. The molecule has 1 amide bonds. The molecule has 1 aliphatic rings. The summed E-state index contributed by atoms with van der Waals surface area (Å²) in [5, 5.41) is 3.07. The van der Waals surface area contributed by atoms with E-state index in [0.717, 1.165) is 12.4 Å². The molecule has 1 rings (SSSR count). The molecule has 1 saturated carbocycles. The van der Waals surface area contributed by atoms with Crippen LogP contribution in [0.3, 0.4) is 0 Å². The van der Waals surface area contributed by atoms with Gasteiger partial charge in [-0.3, -0.25) is 4.79 Å². The third kappa shape index (κ3) is 3.65. The summed E-state index contributed by atoms with van der Waals surface area (Å²) in [7, 11) is 0. The second kappa shape index (κ2) is 6.48. The molecule has 1 N–H and O–H groups in total. The zero-order valence-corrected chi connectivity index (χ0v) is 11.4. The van der Waals surface area contributed by atoms with Gasteiger partial charge in [-0.15, -0.1) is 11.6 Å². The molecule has 3 atom stereocenters. The van der Waals surface area contributed by atoms with Gasteiger partial charge >= 0.3 is 0 Å². The highest BCUT2D eigenvalue weighted by Crippen LogP contribution is 2.32. The van der Waals surface area contributed by atoms with Gasteiger partial charge in [0, 0.05) is 18.3 Å². The Kier molecular flexibility index (Phi) is 5.60. The summed E-state index contributed by atoms with van der Waals surface area (Å²) in [6, 6.07) is 0. The van der Waals surface area contributed by atoms with E-state index in [1.165, 1.54) is 19.3 Å². The van der Waals surface area contributed by atoms with Crippen LogP contribution in [0.1, 0.15) is 40.0 Å². The van der Waals surface area contributed by atoms with E-state index in [4.69, 9.17) is 11.6 Å². The maximum Gasteiger partial charge on any atom is 0.223 e. The highest BCUT2D eigenvalue weighted by Gasteiger charge is 2.27. The van der Waals surface area contributed by atoms with Gasteiger partial charge in [0.1, 0.15) is 0 Å². The van der Waals surface area contributed by atoms with E-state index < -0.39 is 0 Å². The second-order valence-electron chi connectivity index (χ2n) is 5.38. The monoisotopic (exact) mass is 245 g/mol. The maximum absolute atomic E-state index is 11.8. The van der Waals surface area contributed by atoms with Gasteiger partial charge in [-0.2, -0.15) is 0 Å². The summed E-state index contributed by atoms with van der Waals surface area (Å²) < 4.78 is 0. The van der Waals surface area contributed by atoms with Crippen molar-refractivity contribution in [2.24, 2.45) is 23.7 Å². The lowest BCUT2D eigenvalue weighted by atomic mass is 9.95. The molecule has 0 aromatic rings. The van der Waals surface area contributed by atoms with E-state index in [1.807, 2.05) is 6.92 Å². The van der Waals surface area contributed by atoms with Crippen molar-refractivity contribution in [3.05, 3.63) is 0 Å². The van der Waals surface area contributed by atoms with E-state index in [2.05, 4.69) is 19.2 Å². The lowest BCUT2D eigenvalue weighted by Gasteiger charge is -2.20. The number of rotatable bonds is 5. The Labute approximate surface area is 104 Å². The van der Waals surface area contributed by atoms with E-state index in [-0.39, 0.29) is 11.8 Å². The normalized spacial score (nSPS) is 27.1. The van der Waals surface area contributed by atoms with Crippen LogP contribution in [-0.2, 0) is 4.79 Å². The first kappa shape index (κ1) is 13.8. The lowest BCUT2D eigenvalue weighted by Crippen LogP contribution is -2.36. The number of hydrogen-bond acceptors (Lipinski definition) is 1. The van der Waals surface area contributed by atoms with Gasteiger partial charge in [-0.05, 0) is 30.6 Å². The highest BCUT2D eigenvalue weighted by molar-refractivity contribution is 6.18. The molecule has 1 aliphatic carbocycles. The summed E-state index contributed by atoms with van der Waals surface area (Å²) in [5.41, 5.74) is 0. The Hall–Kier alpha value is -0.240. The molecule has 0 aromatic heterocycles. The molecule has 0 saturated heterocycles. The standard InChI is InChI=1S/C13H24ClNO/c1-9(2)10(3)13(16)15-8-12-6-4-5-11(12)7-14/h9-12H,4-8H2,1-3H3,(H,15,16). The first-order chi connectivity index (χ1) is 7.56. The molecule has 1 fully saturated rings. The number of halogens is 1. The summed E-state index contributed by atoms with van der Waals surface area (Å²) in [6.45, 7) is 6.98. The smallest absolute Gasteiger partial charge is 0.223 e. The van der Waals surface area contributed by atoms with E-state index in [1.54, 1.807) is 0 Å². The molecule has 16 heavy (non-hydrogen) atoms. The average molecular weight is 246 g/mol. The molecular weight excluding hydrogens is 222 g/mol. The minimum atomic E-state index is 0.107. The van der Waals surface area contributed by atoms with Gasteiger partial charge in [-0.1, -0.05) is 27.2 Å². The topological polar surface area (TPSA) is 29.1 Å². The maximum atomic E-state index is 11.8. The van der Waals surface area contributed by atoms with Gasteiger partial charge in [0.25, 0.3) is 0 Å². The fourth-order valence-corrected chi connectivity index (χ4v) is 2.69. The Morgan fingerprint density at radius 2 is 1.94 bits per heavy atom. The average Bonchev–Trinajstić information content (AvgIpc) is 2.71. The van der Waals surface area contributed by atoms with Crippen LogP contribution in [0.2, 0.25) is 0 Å².